The predicted molar refractivity (Wildman–Crippen MR) is 89.2 cm³/mol. The Morgan fingerprint density at radius 2 is 1.91 bits per heavy atom. The molecule has 1 amide bonds. The fraction of sp³-hybridized carbons (Fsp3) is 0.118. The van der Waals surface area contributed by atoms with E-state index in [9.17, 15) is 9.18 Å². The van der Waals surface area contributed by atoms with E-state index in [1.54, 1.807) is 30.3 Å². The van der Waals surface area contributed by atoms with E-state index in [4.69, 9.17) is 9.47 Å². The van der Waals surface area contributed by atoms with Gasteiger partial charge in [0.05, 0.1) is 5.69 Å². The molecule has 118 valence electrons. The highest BCUT2D eigenvalue weighted by Gasteiger charge is 2.15. The molecule has 0 fully saturated rings. The van der Waals surface area contributed by atoms with Crippen molar-refractivity contribution in [3.8, 4) is 11.5 Å². The highest BCUT2D eigenvalue weighted by atomic mass is 79.9. The molecule has 2 aromatic rings. The van der Waals surface area contributed by atoms with Gasteiger partial charge in [-0.1, -0.05) is 12.1 Å². The third kappa shape index (κ3) is 3.90. The van der Waals surface area contributed by atoms with E-state index in [0.717, 1.165) is 0 Å². The van der Waals surface area contributed by atoms with Gasteiger partial charge in [0.1, 0.15) is 19.0 Å². The number of fused-ring (bicyclic) bond motifs is 1. The van der Waals surface area contributed by atoms with E-state index >= 15 is 0 Å². The Morgan fingerprint density at radius 1 is 1.17 bits per heavy atom. The lowest BCUT2D eigenvalue weighted by molar-refractivity contribution is -0.111. The van der Waals surface area contributed by atoms with Crippen LogP contribution in [0.5, 0.6) is 11.5 Å². The van der Waals surface area contributed by atoms with Crippen molar-refractivity contribution in [1.29, 1.82) is 0 Å². The van der Waals surface area contributed by atoms with Gasteiger partial charge in [0.2, 0.25) is 5.91 Å². The van der Waals surface area contributed by atoms with E-state index in [-0.39, 0.29) is 11.7 Å². The lowest BCUT2D eigenvalue weighted by Crippen LogP contribution is -2.16. The fourth-order valence-corrected chi connectivity index (χ4v) is 2.54. The first-order valence-electron chi connectivity index (χ1n) is 6.95. The minimum absolute atomic E-state index is 0.327. The van der Waals surface area contributed by atoms with Gasteiger partial charge in [-0.25, -0.2) is 4.39 Å². The summed E-state index contributed by atoms with van der Waals surface area (Å²) in [5, 5.41) is 2.74. The van der Waals surface area contributed by atoms with Crippen molar-refractivity contribution in [2.75, 3.05) is 18.5 Å². The summed E-state index contributed by atoms with van der Waals surface area (Å²) >= 11 is 3.39. The van der Waals surface area contributed by atoms with E-state index in [1.165, 1.54) is 18.2 Å². The van der Waals surface area contributed by atoms with Crippen molar-refractivity contribution >= 4 is 33.6 Å². The smallest absolute Gasteiger partial charge is 0.248 e. The standard InChI is InChI=1S/C17H13BrFNO3/c18-13-9-15-16(23-7-6-22-15)10-14(13)20-17(21)5-4-11-2-1-3-12(19)8-11/h1-5,8-10H,6-7H2,(H,20,21)/b5-4+. The molecule has 1 aliphatic heterocycles. The van der Waals surface area contributed by atoms with Gasteiger partial charge in [-0.15, -0.1) is 0 Å². The van der Waals surface area contributed by atoms with Crippen LogP contribution < -0.4 is 14.8 Å². The molecule has 2 aromatic carbocycles. The quantitative estimate of drug-likeness (QED) is 0.822. The van der Waals surface area contributed by atoms with Crippen LogP contribution in [0, 0.1) is 5.82 Å². The summed E-state index contributed by atoms with van der Waals surface area (Å²) in [6, 6.07) is 9.46. The molecule has 1 heterocycles. The number of carbonyl (C=O) groups excluding carboxylic acids is 1. The Bertz CT molecular complexity index is 776. The van der Waals surface area contributed by atoms with Crippen LogP contribution in [0.3, 0.4) is 0 Å². The number of carbonyl (C=O) groups is 1. The number of amides is 1. The Labute approximate surface area is 141 Å². The fourth-order valence-electron chi connectivity index (χ4n) is 2.12. The Morgan fingerprint density at radius 3 is 2.65 bits per heavy atom. The summed E-state index contributed by atoms with van der Waals surface area (Å²) in [5.74, 6) is 0.550. The number of anilines is 1. The van der Waals surface area contributed by atoms with Crippen LogP contribution in [0.2, 0.25) is 0 Å². The summed E-state index contributed by atoms with van der Waals surface area (Å²) in [4.78, 5) is 12.0. The van der Waals surface area contributed by atoms with Gasteiger partial charge in [-0.3, -0.25) is 4.79 Å². The van der Waals surface area contributed by atoms with Crippen LogP contribution in [-0.2, 0) is 4.79 Å². The summed E-state index contributed by atoms with van der Waals surface area (Å²) < 4.78 is 24.7. The maximum absolute atomic E-state index is 13.1. The minimum Gasteiger partial charge on any atom is -0.486 e. The number of benzene rings is 2. The molecule has 0 unspecified atom stereocenters. The molecule has 0 aromatic heterocycles. The van der Waals surface area contributed by atoms with Gasteiger partial charge < -0.3 is 14.8 Å². The van der Waals surface area contributed by atoms with Crippen molar-refractivity contribution in [3.05, 3.63) is 58.3 Å². The van der Waals surface area contributed by atoms with Gasteiger partial charge >= 0.3 is 0 Å². The SMILES string of the molecule is O=C(/C=C/c1cccc(F)c1)Nc1cc2c(cc1Br)OCCO2. The Kier molecular flexibility index (Phi) is 4.62. The molecule has 3 rings (SSSR count). The lowest BCUT2D eigenvalue weighted by atomic mass is 10.2. The second kappa shape index (κ2) is 6.83. The van der Waals surface area contributed by atoms with Crippen LogP contribution in [-0.4, -0.2) is 19.1 Å². The lowest BCUT2D eigenvalue weighted by Gasteiger charge is -2.19. The summed E-state index contributed by atoms with van der Waals surface area (Å²) in [6.45, 7) is 0.975. The van der Waals surface area contributed by atoms with Crippen molar-refractivity contribution in [2.24, 2.45) is 0 Å². The molecule has 0 bridgehead atoms. The molecule has 0 saturated carbocycles. The number of nitrogens with one attached hydrogen (secondary N) is 1. The molecule has 0 radical (unpaired) electrons. The first-order chi connectivity index (χ1) is 11.1. The number of hydrogen-bond donors (Lipinski definition) is 1. The molecule has 0 aliphatic carbocycles. The first-order valence-corrected chi connectivity index (χ1v) is 7.75. The number of rotatable bonds is 3. The van der Waals surface area contributed by atoms with E-state index in [2.05, 4.69) is 21.2 Å². The van der Waals surface area contributed by atoms with Crippen LogP contribution in [0.1, 0.15) is 5.56 Å². The summed E-state index contributed by atoms with van der Waals surface area (Å²) in [5.41, 5.74) is 1.18. The average molecular weight is 378 g/mol. The number of halogens is 2. The molecule has 23 heavy (non-hydrogen) atoms. The first kappa shape index (κ1) is 15.6. The largest absolute Gasteiger partial charge is 0.486 e. The normalized spacial score (nSPS) is 13.1. The zero-order chi connectivity index (χ0) is 16.2. The average Bonchev–Trinajstić information content (AvgIpc) is 2.54. The highest BCUT2D eigenvalue weighted by Crippen LogP contribution is 2.38. The summed E-state index contributed by atoms with van der Waals surface area (Å²) in [6.07, 6.45) is 2.89. The van der Waals surface area contributed by atoms with Crippen molar-refractivity contribution in [1.82, 2.24) is 0 Å². The third-order valence-electron chi connectivity index (χ3n) is 3.17. The molecule has 0 spiro atoms. The zero-order valence-corrected chi connectivity index (χ0v) is 13.6. The van der Waals surface area contributed by atoms with Gasteiger partial charge in [-0.05, 0) is 39.7 Å². The van der Waals surface area contributed by atoms with E-state index < -0.39 is 0 Å². The molecule has 6 heteroatoms. The number of hydrogen-bond acceptors (Lipinski definition) is 3. The highest BCUT2D eigenvalue weighted by molar-refractivity contribution is 9.10. The van der Waals surface area contributed by atoms with Crippen molar-refractivity contribution in [2.45, 2.75) is 0 Å². The number of ether oxygens (including phenoxy) is 2. The zero-order valence-electron chi connectivity index (χ0n) is 12.0. The maximum atomic E-state index is 13.1. The molecular formula is C17H13BrFNO3. The monoisotopic (exact) mass is 377 g/mol. The summed E-state index contributed by atoms with van der Waals surface area (Å²) in [7, 11) is 0. The topological polar surface area (TPSA) is 47.6 Å². The Balaban J connectivity index is 1.72. The van der Waals surface area contributed by atoms with Gasteiger partial charge in [0, 0.05) is 22.7 Å². The molecular weight excluding hydrogens is 365 g/mol. The predicted octanol–water partition coefficient (Wildman–Crippen LogP) is 4.01. The van der Waals surface area contributed by atoms with Crippen LogP contribution in [0.25, 0.3) is 6.08 Å². The van der Waals surface area contributed by atoms with E-state index in [1.807, 2.05) is 0 Å². The second-order valence-corrected chi connectivity index (χ2v) is 5.71. The second-order valence-electron chi connectivity index (χ2n) is 4.85. The molecule has 1 N–H and O–H groups in total. The van der Waals surface area contributed by atoms with Crippen LogP contribution in [0.4, 0.5) is 10.1 Å². The molecule has 0 atom stereocenters. The molecule has 0 saturated heterocycles. The van der Waals surface area contributed by atoms with Gasteiger partial charge in [0.15, 0.2) is 11.5 Å². The van der Waals surface area contributed by atoms with Gasteiger partial charge in [-0.2, -0.15) is 0 Å². The van der Waals surface area contributed by atoms with Crippen LogP contribution >= 0.6 is 15.9 Å². The van der Waals surface area contributed by atoms with E-state index in [0.29, 0.717) is 40.4 Å². The molecule has 1 aliphatic rings. The Hall–Kier alpha value is -2.34. The molecule has 4 nitrogen and oxygen atoms in total. The minimum atomic E-state index is -0.345. The van der Waals surface area contributed by atoms with Crippen LogP contribution in [0.15, 0.2) is 46.9 Å². The van der Waals surface area contributed by atoms with Gasteiger partial charge in [0.25, 0.3) is 0 Å². The third-order valence-corrected chi connectivity index (χ3v) is 3.82. The van der Waals surface area contributed by atoms with Crippen molar-refractivity contribution < 1.29 is 18.7 Å². The maximum Gasteiger partial charge on any atom is 0.248 e. The van der Waals surface area contributed by atoms with Crippen molar-refractivity contribution in [3.63, 3.8) is 0 Å².